The molecule has 1 saturated carbocycles. The summed E-state index contributed by atoms with van der Waals surface area (Å²) in [6.07, 6.45) is 5.95. The van der Waals surface area contributed by atoms with Gasteiger partial charge in [-0.15, -0.1) is 0 Å². The van der Waals surface area contributed by atoms with Gasteiger partial charge in [0, 0.05) is 6.21 Å². The minimum atomic E-state index is 0.762. The van der Waals surface area contributed by atoms with Crippen molar-refractivity contribution in [3.8, 4) is 0 Å². The van der Waals surface area contributed by atoms with E-state index in [9.17, 15) is 0 Å². The Hall–Kier alpha value is 0.0200. The summed E-state index contributed by atoms with van der Waals surface area (Å²) in [5.74, 6) is 0.762. The molecule has 0 aromatic heterocycles. The monoisotopic (exact) mass is 115 g/mol. The molecule has 0 aliphatic heterocycles. The second kappa shape index (κ2) is 2.36. The molecular weight excluding hydrogens is 106 g/mol. The van der Waals surface area contributed by atoms with Gasteiger partial charge in [0.25, 0.3) is 0 Å². The Balaban J connectivity index is 2.14. The summed E-state index contributed by atoms with van der Waals surface area (Å²) in [5, 5.41) is 0. The van der Waals surface area contributed by atoms with Crippen LogP contribution in [0.3, 0.4) is 0 Å². The number of thiol groups is 1. The molecule has 0 amide bonds. The van der Waals surface area contributed by atoms with E-state index >= 15 is 0 Å². The molecule has 0 bridgehead atoms. The van der Waals surface area contributed by atoms with E-state index in [2.05, 4.69) is 17.2 Å². The molecule has 0 heterocycles. The van der Waals surface area contributed by atoms with Gasteiger partial charge in [-0.2, -0.15) is 0 Å². The van der Waals surface area contributed by atoms with Crippen molar-refractivity contribution in [3.05, 3.63) is 0 Å². The van der Waals surface area contributed by atoms with Gasteiger partial charge < -0.3 is 0 Å². The van der Waals surface area contributed by atoms with Crippen LogP contribution in [-0.4, -0.2) is 6.21 Å². The Bertz CT molecular complexity index is 76.1. The fourth-order valence-electron chi connectivity index (χ4n) is 0.683. The highest BCUT2D eigenvalue weighted by Gasteiger charge is 2.13. The average molecular weight is 115 g/mol. The maximum atomic E-state index is 3.72. The third kappa shape index (κ3) is 1.20. The van der Waals surface area contributed by atoms with E-state index in [-0.39, 0.29) is 0 Å². The normalized spacial score (nSPS) is 23.0. The second-order valence-corrected chi connectivity index (χ2v) is 2.19. The Labute approximate surface area is 49.4 Å². The van der Waals surface area contributed by atoms with Crippen LogP contribution in [0, 0.1) is 5.92 Å². The number of nitrogens with zero attached hydrogens (tertiary/aromatic N) is 1. The van der Waals surface area contributed by atoms with Crippen LogP contribution in [0.1, 0.15) is 19.3 Å². The highest BCUT2D eigenvalue weighted by atomic mass is 32.1. The van der Waals surface area contributed by atoms with Gasteiger partial charge in [-0.25, -0.2) is 4.40 Å². The summed E-state index contributed by atoms with van der Waals surface area (Å²) in [5.41, 5.74) is 0. The molecule has 1 aliphatic carbocycles. The summed E-state index contributed by atoms with van der Waals surface area (Å²) < 4.78 is 3.63. The molecule has 1 rings (SSSR count). The van der Waals surface area contributed by atoms with Crippen molar-refractivity contribution in [2.45, 2.75) is 19.3 Å². The smallest absolute Gasteiger partial charge is 0.0154 e. The number of hydrogen-bond acceptors (Lipinski definition) is 2. The molecule has 0 spiro atoms. The van der Waals surface area contributed by atoms with E-state index in [4.69, 9.17) is 0 Å². The highest BCUT2D eigenvalue weighted by molar-refractivity contribution is 7.78. The molecule has 0 saturated heterocycles. The molecule has 0 aromatic carbocycles. The number of hydrogen-bond donors (Lipinski definition) is 1. The Morgan fingerprint density at radius 3 is 2.43 bits per heavy atom. The van der Waals surface area contributed by atoms with Crippen molar-refractivity contribution in [1.29, 1.82) is 0 Å². The fraction of sp³-hybridized carbons (Fsp3) is 0.800. The zero-order valence-corrected chi connectivity index (χ0v) is 5.06. The lowest BCUT2D eigenvalue weighted by atomic mass is 9.87. The van der Waals surface area contributed by atoms with E-state index in [1.807, 2.05) is 6.21 Å². The lowest BCUT2D eigenvalue weighted by Crippen LogP contribution is -2.11. The van der Waals surface area contributed by atoms with Gasteiger partial charge in [-0.05, 0) is 31.6 Å². The van der Waals surface area contributed by atoms with E-state index in [0.29, 0.717) is 0 Å². The third-order valence-corrected chi connectivity index (χ3v) is 1.56. The van der Waals surface area contributed by atoms with Crippen LogP contribution < -0.4 is 0 Å². The van der Waals surface area contributed by atoms with E-state index < -0.39 is 0 Å². The van der Waals surface area contributed by atoms with Crippen molar-refractivity contribution >= 4 is 19.0 Å². The summed E-state index contributed by atoms with van der Waals surface area (Å²) in [4.78, 5) is 0. The van der Waals surface area contributed by atoms with Gasteiger partial charge in [-0.3, -0.25) is 0 Å². The SMILES string of the molecule is S/N=C/C1CCC1. The third-order valence-electron chi connectivity index (χ3n) is 1.43. The van der Waals surface area contributed by atoms with Crippen LogP contribution in [0.15, 0.2) is 4.40 Å². The van der Waals surface area contributed by atoms with E-state index in [1.54, 1.807) is 0 Å². The molecule has 40 valence electrons. The highest BCUT2D eigenvalue weighted by Crippen LogP contribution is 2.23. The van der Waals surface area contributed by atoms with Crippen molar-refractivity contribution in [2.75, 3.05) is 0 Å². The first kappa shape index (κ1) is 5.16. The lowest BCUT2D eigenvalue weighted by Gasteiger charge is -2.19. The first-order valence-electron chi connectivity index (χ1n) is 2.61. The topological polar surface area (TPSA) is 12.4 Å². The summed E-state index contributed by atoms with van der Waals surface area (Å²) in [7, 11) is 0. The zero-order valence-electron chi connectivity index (χ0n) is 4.17. The van der Waals surface area contributed by atoms with Gasteiger partial charge >= 0.3 is 0 Å². The van der Waals surface area contributed by atoms with E-state index in [0.717, 1.165) is 5.92 Å². The van der Waals surface area contributed by atoms with Gasteiger partial charge in [0.2, 0.25) is 0 Å². The van der Waals surface area contributed by atoms with Crippen LogP contribution in [0.4, 0.5) is 0 Å². The van der Waals surface area contributed by atoms with Crippen LogP contribution in [0.25, 0.3) is 0 Å². The summed E-state index contributed by atoms with van der Waals surface area (Å²) in [6.45, 7) is 0. The predicted molar refractivity (Wildman–Crippen MR) is 34.8 cm³/mol. The molecular formula is C5H9NS. The fourth-order valence-corrected chi connectivity index (χ4v) is 0.872. The van der Waals surface area contributed by atoms with Crippen LogP contribution in [0.5, 0.6) is 0 Å². The van der Waals surface area contributed by atoms with Gasteiger partial charge in [0.15, 0.2) is 0 Å². The quantitative estimate of drug-likeness (QED) is 0.394. The molecule has 7 heavy (non-hydrogen) atoms. The lowest BCUT2D eigenvalue weighted by molar-refractivity contribution is 0.421. The largest absolute Gasteiger partial charge is 0.232 e. The second-order valence-electron chi connectivity index (χ2n) is 1.96. The average Bonchev–Trinajstić information content (AvgIpc) is 1.55. The van der Waals surface area contributed by atoms with E-state index in [1.165, 1.54) is 19.3 Å². The molecule has 1 fully saturated rings. The van der Waals surface area contributed by atoms with Crippen molar-refractivity contribution in [1.82, 2.24) is 0 Å². The standard InChI is InChI=1S/C5H9NS/c7-6-4-5-2-1-3-5/h4-5,7H,1-3H2/b6-4+. The van der Waals surface area contributed by atoms with Crippen LogP contribution >= 0.6 is 12.8 Å². The Morgan fingerprint density at radius 1 is 1.57 bits per heavy atom. The minimum absolute atomic E-state index is 0.762. The molecule has 0 unspecified atom stereocenters. The minimum Gasteiger partial charge on any atom is -0.232 e. The predicted octanol–water partition coefficient (Wildman–Crippen LogP) is 1.70. The zero-order chi connectivity index (χ0) is 5.11. The molecule has 0 N–H and O–H groups in total. The maximum absolute atomic E-state index is 3.72. The van der Waals surface area contributed by atoms with Gasteiger partial charge in [-0.1, -0.05) is 6.42 Å². The Kier molecular flexibility index (Phi) is 1.74. The van der Waals surface area contributed by atoms with Crippen LogP contribution in [-0.2, 0) is 0 Å². The molecule has 1 nitrogen and oxygen atoms in total. The molecule has 0 atom stereocenters. The van der Waals surface area contributed by atoms with Crippen molar-refractivity contribution in [2.24, 2.45) is 10.3 Å². The molecule has 0 aromatic rings. The van der Waals surface area contributed by atoms with Gasteiger partial charge in [0.05, 0.1) is 0 Å². The molecule has 1 aliphatic rings. The van der Waals surface area contributed by atoms with Crippen molar-refractivity contribution < 1.29 is 0 Å². The van der Waals surface area contributed by atoms with Gasteiger partial charge in [0.1, 0.15) is 0 Å². The summed E-state index contributed by atoms with van der Waals surface area (Å²) >= 11 is 3.72. The van der Waals surface area contributed by atoms with Crippen molar-refractivity contribution in [3.63, 3.8) is 0 Å². The number of rotatable bonds is 1. The molecule has 2 heteroatoms. The first-order valence-corrected chi connectivity index (χ1v) is 3.01. The Morgan fingerprint density at radius 2 is 2.29 bits per heavy atom. The summed E-state index contributed by atoms with van der Waals surface area (Å²) in [6, 6.07) is 0. The molecule has 0 radical (unpaired) electrons. The maximum Gasteiger partial charge on any atom is 0.0154 e. The first-order chi connectivity index (χ1) is 3.43. The van der Waals surface area contributed by atoms with Crippen LogP contribution in [0.2, 0.25) is 0 Å².